The number of β-amino-alcohol motifs (C(OH)–C–C–N with tert-alkyl or cyclic N) is 1. The number of ether oxygens (including phenoxy) is 2. The number of fused-ring (bicyclic) bond motifs is 1. The van der Waals surface area contributed by atoms with Crippen molar-refractivity contribution in [2.45, 2.75) is 31.1 Å². The number of carbonyl (C=O) groups is 1. The predicted molar refractivity (Wildman–Crippen MR) is 130 cm³/mol. The standard InChI is InChI=1S/C25H25Cl2FN2O5/c26-16-2-1-15-9-24(35-23(15)10-16)22(31)13-29-7-5-17(6-8-29)30-12-19(34-25(30)32)14-33-18-3-4-20(27)21(28)11-18/h1-4,9-11,17,19,22,31H,5-8,12-14H2. The predicted octanol–water partition coefficient (Wildman–Crippen LogP) is 5.28. The number of aliphatic hydroxyl groups excluding tert-OH is 1. The largest absolute Gasteiger partial charge is 0.490 e. The van der Waals surface area contributed by atoms with Gasteiger partial charge in [0.15, 0.2) is 6.10 Å². The number of carbonyl (C=O) groups excluding carboxylic acids is 1. The van der Waals surface area contributed by atoms with E-state index in [-0.39, 0.29) is 23.8 Å². The Bertz CT molecular complexity index is 1210. The summed E-state index contributed by atoms with van der Waals surface area (Å²) in [6.45, 7) is 2.48. The van der Waals surface area contributed by atoms with Crippen LogP contribution in [0.3, 0.4) is 0 Å². The monoisotopic (exact) mass is 522 g/mol. The molecule has 186 valence electrons. The van der Waals surface area contributed by atoms with Gasteiger partial charge in [0.25, 0.3) is 0 Å². The molecule has 10 heteroatoms. The van der Waals surface area contributed by atoms with Crippen LogP contribution < -0.4 is 4.74 Å². The highest BCUT2D eigenvalue weighted by molar-refractivity contribution is 6.31. The summed E-state index contributed by atoms with van der Waals surface area (Å²) >= 11 is 11.7. The zero-order valence-electron chi connectivity index (χ0n) is 18.8. The molecule has 0 radical (unpaired) electrons. The fraction of sp³-hybridized carbons (Fsp3) is 0.400. The normalized spacial score (nSPS) is 20.4. The van der Waals surface area contributed by atoms with Gasteiger partial charge in [-0.05, 0) is 43.2 Å². The summed E-state index contributed by atoms with van der Waals surface area (Å²) in [6.07, 6.45) is -0.00200. The van der Waals surface area contributed by atoms with Crippen molar-refractivity contribution in [3.8, 4) is 5.75 Å². The van der Waals surface area contributed by atoms with Crippen molar-refractivity contribution in [2.24, 2.45) is 0 Å². The molecular formula is C25H25Cl2FN2O5. The van der Waals surface area contributed by atoms with E-state index in [1.807, 2.05) is 12.1 Å². The molecule has 2 saturated heterocycles. The summed E-state index contributed by atoms with van der Waals surface area (Å²) in [4.78, 5) is 16.4. The first-order valence-electron chi connectivity index (χ1n) is 11.5. The number of benzene rings is 2. The van der Waals surface area contributed by atoms with Crippen LogP contribution in [0.1, 0.15) is 24.7 Å². The van der Waals surface area contributed by atoms with E-state index in [4.69, 9.17) is 37.1 Å². The molecule has 0 aliphatic carbocycles. The van der Waals surface area contributed by atoms with Gasteiger partial charge >= 0.3 is 6.09 Å². The molecule has 7 nitrogen and oxygen atoms in total. The highest BCUT2D eigenvalue weighted by Crippen LogP contribution is 2.29. The fourth-order valence-corrected chi connectivity index (χ4v) is 4.90. The summed E-state index contributed by atoms with van der Waals surface area (Å²) in [5.41, 5.74) is 0.650. The minimum atomic E-state index is -0.756. The van der Waals surface area contributed by atoms with E-state index in [0.29, 0.717) is 35.2 Å². The first-order chi connectivity index (χ1) is 16.9. The molecule has 2 aliphatic heterocycles. The van der Waals surface area contributed by atoms with Crippen molar-refractivity contribution in [3.63, 3.8) is 0 Å². The molecule has 2 atom stereocenters. The van der Waals surface area contributed by atoms with Crippen LogP contribution in [0.5, 0.6) is 5.75 Å². The lowest BCUT2D eigenvalue weighted by atomic mass is 10.0. The Morgan fingerprint density at radius 3 is 2.71 bits per heavy atom. The minimum Gasteiger partial charge on any atom is -0.490 e. The van der Waals surface area contributed by atoms with Crippen molar-refractivity contribution in [2.75, 3.05) is 32.8 Å². The quantitative estimate of drug-likeness (QED) is 0.455. The number of nitrogens with zero attached hydrogens (tertiary/aromatic N) is 2. The van der Waals surface area contributed by atoms with Crippen LogP contribution in [0, 0.1) is 5.82 Å². The molecule has 1 aromatic heterocycles. The third-order valence-electron chi connectivity index (χ3n) is 6.49. The molecule has 2 fully saturated rings. The minimum absolute atomic E-state index is 0.0252. The van der Waals surface area contributed by atoms with Crippen LogP contribution in [0.4, 0.5) is 9.18 Å². The lowest BCUT2D eigenvalue weighted by Gasteiger charge is -2.36. The van der Waals surface area contributed by atoms with E-state index in [1.54, 1.807) is 23.1 Å². The Hall–Kier alpha value is -2.52. The number of furan rings is 1. The van der Waals surface area contributed by atoms with Gasteiger partial charge in [0, 0.05) is 48.2 Å². The summed E-state index contributed by atoms with van der Waals surface area (Å²) in [5, 5.41) is 12.2. The van der Waals surface area contributed by atoms with Crippen molar-refractivity contribution in [1.82, 2.24) is 9.80 Å². The van der Waals surface area contributed by atoms with E-state index in [2.05, 4.69) is 4.90 Å². The molecule has 0 spiro atoms. The van der Waals surface area contributed by atoms with Crippen LogP contribution >= 0.6 is 23.2 Å². The van der Waals surface area contributed by atoms with Crippen molar-refractivity contribution < 1.29 is 28.2 Å². The van der Waals surface area contributed by atoms with Crippen molar-refractivity contribution >= 4 is 40.3 Å². The number of hydrogen-bond acceptors (Lipinski definition) is 6. The second kappa shape index (κ2) is 10.2. The number of halogens is 3. The highest BCUT2D eigenvalue weighted by Gasteiger charge is 2.38. The SMILES string of the molecule is O=C1OC(COc2ccc(Cl)c(F)c2)CN1C1CCN(CC(O)c2cc3ccc(Cl)cc3o2)CC1. The van der Waals surface area contributed by atoms with Gasteiger partial charge in [0.05, 0.1) is 11.6 Å². The molecule has 3 aromatic rings. The van der Waals surface area contributed by atoms with Crippen LogP contribution in [0.15, 0.2) is 46.9 Å². The number of aliphatic hydroxyl groups is 1. The topological polar surface area (TPSA) is 75.4 Å². The molecule has 3 heterocycles. The smallest absolute Gasteiger partial charge is 0.410 e. The van der Waals surface area contributed by atoms with Gasteiger partial charge in [0.1, 0.15) is 35.6 Å². The Morgan fingerprint density at radius 2 is 1.94 bits per heavy atom. The average Bonchev–Trinajstić information content (AvgIpc) is 3.43. The number of hydrogen-bond donors (Lipinski definition) is 1. The number of rotatable bonds is 7. The maximum absolute atomic E-state index is 13.6. The van der Waals surface area contributed by atoms with E-state index in [0.717, 1.165) is 31.3 Å². The van der Waals surface area contributed by atoms with Gasteiger partial charge in [-0.2, -0.15) is 0 Å². The molecule has 1 N–H and O–H groups in total. The zero-order chi connectivity index (χ0) is 24.5. The summed E-state index contributed by atoms with van der Waals surface area (Å²) in [5.74, 6) is 0.285. The fourth-order valence-electron chi connectivity index (χ4n) is 4.62. The summed E-state index contributed by atoms with van der Waals surface area (Å²) in [7, 11) is 0. The maximum Gasteiger partial charge on any atom is 0.410 e. The van der Waals surface area contributed by atoms with Crippen LogP contribution in [0.2, 0.25) is 10.0 Å². The number of amides is 1. The van der Waals surface area contributed by atoms with Gasteiger partial charge < -0.3 is 28.8 Å². The van der Waals surface area contributed by atoms with Gasteiger partial charge in [-0.3, -0.25) is 0 Å². The number of likely N-dealkylation sites (tertiary alicyclic amines) is 1. The molecule has 2 aliphatic rings. The summed E-state index contributed by atoms with van der Waals surface area (Å²) in [6, 6.07) is 11.5. The first-order valence-corrected chi connectivity index (χ1v) is 12.3. The van der Waals surface area contributed by atoms with Crippen molar-refractivity contribution in [3.05, 3.63) is 64.1 Å². The lowest BCUT2D eigenvalue weighted by Crippen LogP contribution is -2.46. The third kappa shape index (κ3) is 5.51. The molecular weight excluding hydrogens is 498 g/mol. The molecule has 0 saturated carbocycles. The van der Waals surface area contributed by atoms with Crippen LogP contribution in [-0.2, 0) is 4.74 Å². The van der Waals surface area contributed by atoms with Gasteiger partial charge in [-0.15, -0.1) is 0 Å². The highest BCUT2D eigenvalue weighted by atomic mass is 35.5. The zero-order valence-corrected chi connectivity index (χ0v) is 20.3. The molecule has 0 bridgehead atoms. The number of cyclic esters (lactones) is 1. The van der Waals surface area contributed by atoms with Gasteiger partial charge in [0.2, 0.25) is 0 Å². The third-order valence-corrected chi connectivity index (χ3v) is 7.03. The molecule has 35 heavy (non-hydrogen) atoms. The van der Waals surface area contributed by atoms with E-state index in [9.17, 15) is 14.3 Å². The number of piperidine rings is 1. The van der Waals surface area contributed by atoms with Gasteiger partial charge in [-0.1, -0.05) is 23.2 Å². The summed E-state index contributed by atoms with van der Waals surface area (Å²) < 4.78 is 30.4. The van der Waals surface area contributed by atoms with Gasteiger partial charge in [-0.25, -0.2) is 9.18 Å². The van der Waals surface area contributed by atoms with Crippen molar-refractivity contribution in [1.29, 1.82) is 0 Å². The van der Waals surface area contributed by atoms with Crippen LogP contribution in [-0.4, -0.2) is 65.9 Å². The Labute approximate surface area is 211 Å². The van der Waals surface area contributed by atoms with Crippen LogP contribution in [0.25, 0.3) is 11.0 Å². The average molecular weight is 523 g/mol. The Morgan fingerprint density at radius 1 is 1.14 bits per heavy atom. The van der Waals surface area contributed by atoms with E-state index < -0.39 is 18.0 Å². The van der Waals surface area contributed by atoms with E-state index in [1.165, 1.54) is 12.1 Å². The maximum atomic E-state index is 13.6. The van der Waals surface area contributed by atoms with E-state index >= 15 is 0 Å². The second-order valence-corrected chi connectivity index (χ2v) is 9.77. The Balaban J connectivity index is 1.10. The Kier molecular flexibility index (Phi) is 7.07. The first kappa shape index (κ1) is 24.2. The lowest BCUT2D eigenvalue weighted by molar-refractivity contribution is 0.0666. The molecule has 2 unspecified atom stereocenters. The molecule has 1 amide bonds. The molecule has 5 rings (SSSR count). The second-order valence-electron chi connectivity index (χ2n) is 8.92. The molecule has 2 aromatic carbocycles.